The van der Waals surface area contributed by atoms with Crippen molar-refractivity contribution >= 4 is 0 Å². The molecule has 4 heteroatoms. The van der Waals surface area contributed by atoms with Crippen LogP contribution in [-0.4, -0.2) is 36.1 Å². The highest BCUT2D eigenvalue weighted by atomic mass is 15.1. The van der Waals surface area contributed by atoms with E-state index in [1.807, 2.05) is 12.1 Å². The monoisotopic (exact) mass is 286 g/mol. The number of nitrogens with one attached hydrogen (secondary N) is 1. The molecule has 0 spiro atoms. The van der Waals surface area contributed by atoms with Crippen LogP contribution in [0.2, 0.25) is 0 Å². The van der Waals surface area contributed by atoms with E-state index in [9.17, 15) is 0 Å². The average Bonchev–Trinajstić information content (AvgIpc) is 2.49. The molecule has 1 aliphatic heterocycles. The zero-order valence-corrected chi connectivity index (χ0v) is 13.2. The maximum Gasteiger partial charge on any atom is 0.140 e. The third kappa shape index (κ3) is 5.45. The highest BCUT2D eigenvalue weighted by Crippen LogP contribution is 2.18. The molecule has 1 saturated heterocycles. The standard InChI is InChI=1S/C17H26N4/c1-14(2)11-19-12-15-4-7-21(8-5-15)13-16-3-6-20-17(9-16)10-18/h3,6,9,14-15,19H,4-5,7-8,11-13H2,1-2H3. The van der Waals surface area contributed by atoms with E-state index >= 15 is 0 Å². The van der Waals surface area contributed by atoms with Crippen molar-refractivity contribution in [3.8, 4) is 6.07 Å². The fourth-order valence-electron chi connectivity index (χ4n) is 2.82. The summed E-state index contributed by atoms with van der Waals surface area (Å²) in [4.78, 5) is 6.50. The van der Waals surface area contributed by atoms with Gasteiger partial charge in [-0.1, -0.05) is 13.8 Å². The van der Waals surface area contributed by atoms with Crippen LogP contribution in [0.15, 0.2) is 18.3 Å². The summed E-state index contributed by atoms with van der Waals surface area (Å²) in [5, 5.41) is 12.5. The van der Waals surface area contributed by atoms with Crippen LogP contribution in [0.3, 0.4) is 0 Å². The lowest BCUT2D eigenvalue weighted by Crippen LogP contribution is -2.37. The Morgan fingerprint density at radius 3 is 2.86 bits per heavy atom. The second kappa shape index (κ2) is 8.11. The molecule has 1 aliphatic rings. The van der Waals surface area contributed by atoms with Crippen LogP contribution in [0, 0.1) is 23.2 Å². The van der Waals surface area contributed by atoms with E-state index in [2.05, 4.69) is 35.1 Å². The number of aromatic nitrogens is 1. The van der Waals surface area contributed by atoms with Crippen molar-refractivity contribution in [3.05, 3.63) is 29.6 Å². The van der Waals surface area contributed by atoms with Gasteiger partial charge >= 0.3 is 0 Å². The van der Waals surface area contributed by atoms with Gasteiger partial charge in [0.1, 0.15) is 11.8 Å². The van der Waals surface area contributed by atoms with Crippen LogP contribution >= 0.6 is 0 Å². The molecule has 21 heavy (non-hydrogen) atoms. The number of likely N-dealkylation sites (tertiary alicyclic amines) is 1. The first kappa shape index (κ1) is 15.9. The van der Waals surface area contributed by atoms with E-state index in [1.165, 1.54) is 18.4 Å². The second-order valence-corrected chi connectivity index (χ2v) is 6.43. The van der Waals surface area contributed by atoms with Crippen LogP contribution in [0.1, 0.15) is 37.9 Å². The van der Waals surface area contributed by atoms with Crippen molar-refractivity contribution in [1.82, 2.24) is 15.2 Å². The summed E-state index contributed by atoms with van der Waals surface area (Å²) in [7, 11) is 0. The van der Waals surface area contributed by atoms with Crippen molar-refractivity contribution in [1.29, 1.82) is 5.26 Å². The molecule has 0 bridgehead atoms. The minimum atomic E-state index is 0.514. The lowest BCUT2D eigenvalue weighted by atomic mass is 9.96. The van der Waals surface area contributed by atoms with Crippen LogP contribution in [0.4, 0.5) is 0 Å². The summed E-state index contributed by atoms with van der Waals surface area (Å²) >= 11 is 0. The van der Waals surface area contributed by atoms with Gasteiger partial charge in [-0.3, -0.25) is 4.90 Å². The fraction of sp³-hybridized carbons (Fsp3) is 0.647. The molecule has 1 aromatic heterocycles. The zero-order chi connectivity index (χ0) is 15.1. The van der Waals surface area contributed by atoms with Gasteiger partial charge in [0.15, 0.2) is 0 Å². The van der Waals surface area contributed by atoms with Crippen molar-refractivity contribution in [2.75, 3.05) is 26.2 Å². The SMILES string of the molecule is CC(C)CNCC1CCN(Cc2ccnc(C#N)c2)CC1. The van der Waals surface area contributed by atoms with Gasteiger partial charge in [0.05, 0.1) is 0 Å². The van der Waals surface area contributed by atoms with Crippen molar-refractivity contribution in [2.24, 2.45) is 11.8 Å². The Kier molecular flexibility index (Phi) is 6.16. The Labute approximate surface area is 128 Å². The van der Waals surface area contributed by atoms with Gasteiger partial charge < -0.3 is 5.32 Å². The molecule has 0 aliphatic carbocycles. The van der Waals surface area contributed by atoms with Gasteiger partial charge in [-0.25, -0.2) is 4.98 Å². The Balaban J connectivity index is 1.72. The lowest BCUT2D eigenvalue weighted by Gasteiger charge is -2.32. The maximum atomic E-state index is 8.89. The second-order valence-electron chi connectivity index (χ2n) is 6.43. The molecule has 1 aromatic rings. The molecular formula is C17H26N4. The molecule has 1 N–H and O–H groups in total. The fourth-order valence-corrected chi connectivity index (χ4v) is 2.82. The van der Waals surface area contributed by atoms with Gasteiger partial charge in [0.2, 0.25) is 0 Å². The lowest BCUT2D eigenvalue weighted by molar-refractivity contribution is 0.175. The molecule has 0 aromatic carbocycles. The van der Waals surface area contributed by atoms with E-state index < -0.39 is 0 Å². The Bertz CT molecular complexity index is 470. The van der Waals surface area contributed by atoms with E-state index in [4.69, 9.17) is 5.26 Å². The normalized spacial score (nSPS) is 17.0. The molecule has 2 heterocycles. The molecular weight excluding hydrogens is 260 g/mol. The van der Waals surface area contributed by atoms with Gasteiger partial charge in [0, 0.05) is 12.7 Å². The Morgan fingerprint density at radius 1 is 1.43 bits per heavy atom. The summed E-state index contributed by atoms with van der Waals surface area (Å²) in [6.07, 6.45) is 4.26. The summed E-state index contributed by atoms with van der Waals surface area (Å²) < 4.78 is 0. The summed E-state index contributed by atoms with van der Waals surface area (Å²) in [6, 6.07) is 6.02. The van der Waals surface area contributed by atoms with E-state index in [0.29, 0.717) is 5.69 Å². The number of hydrogen-bond acceptors (Lipinski definition) is 4. The summed E-state index contributed by atoms with van der Waals surface area (Å²) in [5.74, 6) is 1.54. The number of rotatable bonds is 6. The molecule has 1 fully saturated rings. The van der Waals surface area contributed by atoms with Crippen LogP contribution in [0.5, 0.6) is 0 Å². The van der Waals surface area contributed by atoms with Crippen molar-refractivity contribution in [2.45, 2.75) is 33.2 Å². The van der Waals surface area contributed by atoms with Gasteiger partial charge in [-0.15, -0.1) is 0 Å². The smallest absolute Gasteiger partial charge is 0.140 e. The predicted molar refractivity (Wildman–Crippen MR) is 84.7 cm³/mol. The van der Waals surface area contributed by atoms with E-state index in [-0.39, 0.29) is 0 Å². The summed E-state index contributed by atoms with van der Waals surface area (Å²) in [5.41, 5.74) is 1.71. The van der Waals surface area contributed by atoms with Gasteiger partial charge in [-0.2, -0.15) is 5.26 Å². The number of nitrogens with zero attached hydrogens (tertiary/aromatic N) is 3. The highest BCUT2D eigenvalue weighted by molar-refractivity contribution is 5.25. The van der Waals surface area contributed by atoms with Crippen molar-refractivity contribution in [3.63, 3.8) is 0 Å². The molecule has 0 unspecified atom stereocenters. The van der Waals surface area contributed by atoms with Gasteiger partial charge in [-0.05, 0) is 68.6 Å². The third-order valence-corrected chi connectivity index (χ3v) is 4.04. The van der Waals surface area contributed by atoms with Crippen molar-refractivity contribution < 1.29 is 0 Å². The first-order chi connectivity index (χ1) is 10.2. The first-order valence-corrected chi connectivity index (χ1v) is 7.95. The quantitative estimate of drug-likeness (QED) is 0.872. The minimum Gasteiger partial charge on any atom is -0.316 e. The molecule has 0 radical (unpaired) electrons. The van der Waals surface area contributed by atoms with Crippen LogP contribution in [-0.2, 0) is 6.54 Å². The zero-order valence-electron chi connectivity index (χ0n) is 13.2. The summed E-state index contributed by atoms with van der Waals surface area (Å²) in [6.45, 7) is 10.0. The van der Waals surface area contributed by atoms with Crippen LogP contribution in [0.25, 0.3) is 0 Å². The molecule has 0 saturated carbocycles. The number of pyridine rings is 1. The highest BCUT2D eigenvalue weighted by Gasteiger charge is 2.19. The molecule has 2 rings (SSSR count). The Morgan fingerprint density at radius 2 is 2.19 bits per heavy atom. The predicted octanol–water partition coefficient (Wildman–Crippen LogP) is 2.41. The van der Waals surface area contributed by atoms with E-state index in [0.717, 1.165) is 44.6 Å². The molecule has 114 valence electrons. The molecule has 4 nitrogen and oxygen atoms in total. The topological polar surface area (TPSA) is 52.0 Å². The largest absolute Gasteiger partial charge is 0.316 e. The maximum absolute atomic E-state index is 8.89. The molecule has 0 atom stereocenters. The van der Waals surface area contributed by atoms with Crippen LogP contribution < -0.4 is 5.32 Å². The average molecular weight is 286 g/mol. The van der Waals surface area contributed by atoms with E-state index in [1.54, 1.807) is 6.20 Å². The van der Waals surface area contributed by atoms with Gasteiger partial charge in [0.25, 0.3) is 0 Å². The minimum absolute atomic E-state index is 0.514. The third-order valence-electron chi connectivity index (χ3n) is 4.04. The Hall–Kier alpha value is -1.44. The first-order valence-electron chi connectivity index (χ1n) is 7.95. The number of hydrogen-bond donors (Lipinski definition) is 1. The number of piperidine rings is 1. The number of nitriles is 1. The molecule has 0 amide bonds.